The van der Waals surface area contributed by atoms with Gasteiger partial charge in [0.15, 0.2) is 4.99 Å². The summed E-state index contributed by atoms with van der Waals surface area (Å²) < 4.78 is 39.0. The minimum atomic E-state index is -6.00. The summed E-state index contributed by atoms with van der Waals surface area (Å²) in [6.45, 7) is 2.80. The molecule has 2 aliphatic heterocycles. The van der Waals surface area contributed by atoms with Crippen molar-refractivity contribution in [2.45, 2.75) is 36.6 Å². The van der Waals surface area contributed by atoms with E-state index in [4.69, 9.17) is 0 Å². The second-order valence-corrected chi connectivity index (χ2v) is 17.0. The van der Waals surface area contributed by atoms with E-state index in [1.54, 1.807) is 0 Å². The molecular weight excluding hydrogens is 650 g/mol. The number of fused-ring (bicyclic) bond motifs is 1. The maximum absolute atomic E-state index is 14.7. The average molecular weight is 687 g/mol. The van der Waals surface area contributed by atoms with Crippen LogP contribution >= 0.6 is 19.0 Å². The number of urea groups is 1. The monoisotopic (exact) mass is 686 g/mol. The molecule has 0 spiro atoms. The number of nitrogens with zero attached hydrogens (tertiary/aromatic N) is 2. The highest BCUT2D eigenvalue weighted by Gasteiger charge is 2.66. The number of thioether (sulfide) groups is 1. The van der Waals surface area contributed by atoms with Crippen molar-refractivity contribution in [2.75, 3.05) is 5.75 Å². The van der Waals surface area contributed by atoms with Gasteiger partial charge in [-0.2, -0.15) is 0 Å². The molecule has 5 aromatic rings. The number of carbonyl (C=O) groups excluding carboxylic acids is 1. The van der Waals surface area contributed by atoms with Crippen LogP contribution in [0.2, 0.25) is 0 Å². The summed E-state index contributed by atoms with van der Waals surface area (Å²) in [5.41, 5.74) is 2.35. The summed E-state index contributed by atoms with van der Waals surface area (Å²) in [6, 6.07) is 54.7. The van der Waals surface area contributed by atoms with Crippen LogP contribution in [0.25, 0.3) is 0 Å². The van der Waals surface area contributed by atoms with Crippen LogP contribution in [0.1, 0.15) is 24.1 Å². The zero-order valence-electron chi connectivity index (χ0n) is 26.4. The van der Waals surface area contributed by atoms with Gasteiger partial charge in [0.1, 0.15) is 29.2 Å². The third-order valence-electron chi connectivity index (χ3n) is 9.07. The molecule has 0 bridgehead atoms. The van der Waals surface area contributed by atoms with E-state index in [-0.39, 0.29) is 29.1 Å². The van der Waals surface area contributed by atoms with Gasteiger partial charge in [-0.25, -0.2) is 4.79 Å². The molecule has 0 aromatic heterocycles. The van der Waals surface area contributed by atoms with Gasteiger partial charge in [-0.3, -0.25) is 0 Å². The summed E-state index contributed by atoms with van der Waals surface area (Å²) in [7, 11) is -8.23. The van der Waals surface area contributed by atoms with Crippen LogP contribution in [0.5, 0.6) is 0 Å². The summed E-state index contributed by atoms with van der Waals surface area (Å²) in [4.78, 5) is 19.3. The Morgan fingerprint density at radius 2 is 1.08 bits per heavy atom. The zero-order chi connectivity index (χ0) is 33.7. The minimum Gasteiger partial charge on any atom is -0.418 e. The number of halogens is 4. The van der Waals surface area contributed by atoms with Gasteiger partial charge in [0, 0.05) is 12.3 Å². The maximum atomic E-state index is 14.7. The molecule has 0 saturated carbocycles. The molecule has 2 fully saturated rings. The lowest BCUT2D eigenvalue weighted by Gasteiger charge is -2.37. The Labute approximate surface area is 284 Å². The van der Waals surface area contributed by atoms with Crippen molar-refractivity contribution >= 4 is 48.2 Å². The molecule has 48 heavy (non-hydrogen) atoms. The van der Waals surface area contributed by atoms with Gasteiger partial charge < -0.3 is 27.1 Å². The first kappa shape index (κ1) is 33.8. The number of hydrogen-bond donors (Lipinski definition) is 0. The molecule has 1 unspecified atom stereocenters. The first-order valence-electron chi connectivity index (χ1n) is 15.9. The molecule has 246 valence electrons. The van der Waals surface area contributed by atoms with Crippen LogP contribution in [-0.4, -0.2) is 45.9 Å². The highest BCUT2D eigenvalue weighted by Crippen LogP contribution is 2.68. The third kappa shape index (κ3) is 6.90. The largest absolute Gasteiger partial charge is 0.673 e. The minimum absolute atomic E-state index is 0.0146. The summed E-state index contributed by atoms with van der Waals surface area (Å²) in [6.07, 6.45) is 0. The summed E-state index contributed by atoms with van der Waals surface area (Å²) >= 11 is 2.07. The van der Waals surface area contributed by atoms with Crippen LogP contribution in [0.15, 0.2) is 152 Å². The first-order valence-corrected chi connectivity index (χ1v) is 18.8. The average Bonchev–Trinajstić information content (AvgIpc) is 3.64. The Morgan fingerprint density at radius 1 is 0.688 bits per heavy atom. The zero-order valence-corrected chi connectivity index (χ0v) is 28.1. The quantitative estimate of drug-likeness (QED) is 0.0706. The Balaban J connectivity index is 0.000000749. The van der Waals surface area contributed by atoms with E-state index in [0.717, 1.165) is 5.75 Å². The normalized spacial score (nSPS) is 19.8. The van der Waals surface area contributed by atoms with Crippen molar-refractivity contribution in [3.05, 3.63) is 163 Å². The second-order valence-electron chi connectivity index (χ2n) is 11.9. The Hall–Kier alpha value is -4.07. The number of carbonyl (C=O) groups is 1. The van der Waals surface area contributed by atoms with Crippen molar-refractivity contribution in [1.29, 1.82) is 0 Å². The summed E-state index contributed by atoms with van der Waals surface area (Å²) in [5.74, 6) is 0.914. The predicted octanol–water partition coefficient (Wildman–Crippen LogP) is 8.79. The SMILES string of the molecule is C[C@H](c1ccccc1)N1C(=O)N(Cc2ccccc2)[C@@H]2C([P+](c3ccccc3)(c3ccccc3)c3ccccc3)SC[C@@H]21.F[B-](F)(F)F. The van der Waals surface area contributed by atoms with Gasteiger partial charge in [0.25, 0.3) is 0 Å². The molecule has 3 nitrogen and oxygen atoms in total. The van der Waals surface area contributed by atoms with Gasteiger partial charge in [-0.05, 0) is 54.4 Å². The fraction of sp³-hybridized carbons (Fsp3) is 0.184. The highest BCUT2D eigenvalue weighted by molar-refractivity contribution is 8.14. The van der Waals surface area contributed by atoms with E-state index in [1.165, 1.54) is 27.0 Å². The molecule has 10 heteroatoms. The van der Waals surface area contributed by atoms with Gasteiger partial charge in [0.05, 0.1) is 12.1 Å². The van der Waals surface area contributed by atoms with E-state index in [1.807, 2.05) is 12.1 Å². The van der Waals surface area contributed by atoms with E-state index >= 15 is 0 Å². The molecule has 2 saturated heterocycles. The van der Waals surface area contributed by atoms with Gasteiger partial charge in [-0.15, -0.1) is 11.8 Å². The lowest BCUT2D eigenvalue weighted by molar-refractivity contribution is 0.170. The fourth-order valence-corrected chi connectivity index (χ4v) is 15.2. The van der Waals surface area contributed by atoms with Crippen molar-refractivity contribution in [1.82, 2.24) is 9.80 Å². The standard InChI is InChI=1S/C38H36N2OPS.BF4/c1-29(31-19-9-3-10-20-31)40-35-28-43-37(36(35)39(38(40)41)27-30-17-7-2-8-18-30)42(32-21-11-4-12-22-32,33-23-13-5-14-24-33)34-25-15-6-16-26-34;2-1(3,4)5/h2-26,29,35-37H,27-28H2,1H3;/q+1;-1/t29-,35+,36+,37?;/m1./s1. The smallest absolute Gasteiger partial charge is 0.418 e. The molecule has 0 radical (unpaired) electrons. The molecule has 2 amide bonds. The van der Waals surface area contributed by atoms with Crippen LogP contribution in [0.4, 0.5) is 22.1 Å². The van der Waals surface area contributed by atoms with Crippen LogP contribution in [-0.2, 0) is 6.54 Å². The number of benzene rings is 5. The van der Waals surface area contributed by atoms with E-state index in [9.17, 15) is 22.1 Å². The van der Waals surface area contributed by atoms with Crippen molar-refractivity contribution < 1.29 is 22.1 Å². The van der Waals surface area contributed by atoms with Crippen molar-refractivity contribution in [3.63, 3.8) is 0 Å². The first-order chi connectivity index (χ1) is 23.2. The van der Waals surface area contributed by atoms with Crippen molar-refractivity contribution in [2.24, 2.45) is 0 Å². The Kier molecular flexibility index (Phi) is 10.3. The van der Waals surface area contributed by atoms with E-state index < -0.39 is 14.5 Å². The van der Waals surface area contributed by atoms with Crippen LogP contribution < -0.4 is 15.9 Å². The second kappa shape index (κ2) is 14.6. The van der Waals surface area contributed by atoms with E-state index in [2.05, 4.69) is 168 Å². The Bertz CT molecular complexity index is 1670. The number of rotatable bonds is 8. The van der Waals surface area contributed by atoms with Crippen LogP contribution in [0.3, 0.4) is 0 Å². The molecule has 0 aliphatic carbocycles. The third-order valence-corrected chi connectivity index (χ3v) is 16.0. The molecule has 2 heterocycles. The molecular formula is C38H36BF4N2OPS. The lowest BCUT2D eigenvalue weighted by Crippen LogP contribution is -2.48. The topological polar surface area (TPSA) is 23.6 Å². The van der Waals surface area contributed by atoms with Gasteiger partial charge in [0.2, 0.25) is 0 Å². The van der Waals surface area contributed by atoms with Crippen LogP contribution in [0, 0.1) is 0 Å². The molecule has 0 N–H and O–H groups in total. The van der Waals surface area contributed by atoms with Gasteiger partial charge >= 0.3 is 13.3 Å². The molecule has 2 aliphatic rings. The predicted molar refractivity (Wildman–Crippen MR) is 193 cm³/mol. The fourth-order valence-electron chi connectivity index (χ4n) is 7.13. The van der Waals surface area contributed by atoms with E-state index in [0.29, 0.717) is 6.54 Å². The van der Waals surface area contributed by atoms with Gasteiger partial charge in [-0.1, -0.05) is 115 Å². The Morgan fingerprint density at radius 3 is 1.52 bits per heavy atom. The maximum Gasteiger partial charge on any atom is 0.673 e. The molecule has 5 aromatic carbocycles. The van der Waals surface area contributed by atoms with Crippen molar-refractivity contribution in [3.8, 4) is 0 Å². The summed E-state index contributed by atoms with van der Waals surface area (Å²) in [5, 5.41) is 4.10. The number of amides is 2. The number of hydrogen-bond acceptors (Lipinski definition) is 2. The highest BCUT2D eigenvalue weighted by atomic mass is 32.2. The molecule has 4 atom stereocenters. The lowest BCUT2D eigenvalue weighted by atomic mass is 10.0. The molecule has 7 rings (SSSR count).